The summed E-state index contributed by atoms with van der Waals surface area (Å²) in [6, 6.07) is 7.64. The first-order valence-corrected chi connectivity index (χ1v) is 7.58. The lowest BCUT2D eigenvalue weighted by Crippen LogP contribution is -1.99. The van der Waals surface area contributed by atoms with E-state index >= 15 is 0 Å². The number of aromatic nitrogens is 4. The van der Waals surface area contributed by atoms with Gasteiger partial charge in [0.1, 0.15) is 10.3 Å². The maximum atomic E-state index is 6.30. The van der Waals surface area contributed by atoms with Gasteiger partial charge in [0, 0.05) is 23.9 Å². The average molecular weight is 384 g/mol. The van der Waals surface area contributed by atoms with Crippen molar-refractivity contribution < 1.29 is 0 Å². The first-order valence-electron chi connectivity index (χ1n) is 6.03. The van der Waals surface area contributed by atoms with Gasteiger partial charge in [0.2, 0.25) is 0 Å². The second-order valence-corrected chi connectivity index (χ2v) is 6.01. The third-order valence-corrected chi connectivity index (χ3v) is 4.00. The van der Waals surface area contributed by atoms with E-state index < -0.39 is 0 Å². The topological polar surface area (TPSA) is 43.6 Å². The summed E-state index contributed by atoms with van der Waals surface area (Å²) in [5.41, 5.74) is 1.46. The molecule has 106 valence electrons. The summed E-state index contributed by atoms with van der Waals surface area (Å²) < 4.78 is 2.74. The largest absolute Gasteiger partial charge is 0.331 e. The number of nitrogens with zero attached hydrogens (tertiary/aromatic N) is 4. The molecule has 0 saturated heterocycles. The Morgan fingerprint density at radius 1 is 1.14 bits per heavy atom. The van der Waals surface area contributed by atoms with Crippen molar-refractivity contribution in [3.05, 3.63) is 51.4 Å². The molecule has 4 nitrogen and oxygen atoms in total. The Morgan fingerprint density at radius 3 is 2.43 bits per heavy atom. The van der Waals surface area contributed by atoms with Gasteiger partial charge >= 0.3 is 0 Å². The molecule has 2 aromatic heterocycles. The second kappa shape index (κ2) is 5.75. The molecule has 0 amide bonds. The van der Waals surface area contributed by atoms with E-state index in [1.807, 2.05) is 37.5 Å². The van der Waals surface area contributed by atoms with E-state index in [2.05, 4.69) is 30.9 Å². The highest BCUT2D eigenvalue weighted by Gasteiger charge is 2.16. The molecule has 0 aliphatic heterocycles. The molecule has 0 spiro atoms. The van der Waals surface area contributed by atoms with Crippen LogP contribution in [0.3, 0.4) is 0 Å². The molecule has 0 radical (unpaired) electrons. The minimum absolute atomic E-state index is 0.297. The van der Waals surface area contributed by atoms with Crippen molar-refractivity contribution in [2.45, 2.75) is 0 Å². The van der Waals surface area contributed by atoms with Gasteiger partial charge in [-0.15, -0.1) is 0 Å². The molecule has 0 bridgehead atoms. The van der Waals surface area contributed by atoms with Crippen molar-refractivity contribution in [3.63, 3.8) is 0 Å². The van der Waals surface area contributed by atoms with Crippen LogP contribution in [0.25, 0.3) is 22.8 Å². The smallest absolute Gasteiger partial charge is 0.198 e. The fraction of sp³-hybridized carbons (Fsp3) is 0.0714. The normalized spacial score (nSPS) is 10.9. The molecule has 0 fully saturated rings. The van der Waals surface area contributed by atoms with E-state index in [4.69, 9.17) is 23.2 Å². The quantitative estimate of drug-likeness (QED) is 0.606. The van der Waals surface area contributed by atoms with Crippen molar-refractivity contribution >= 4 is 39.1 Å². The number of rotatable bonds is 2. The van der Waals surface area contributed by atoms with E-state index in [0.717, 1.165) is 10.0 Å². The molecule has 0 unspecified atom stereocenters. The lowest BCUT2D eigenvalue weighted by molar-refractivity contribution is 0.906. The molecule has 0 N–H and O–H groups in total. The molecule has 2 heterocycles. The van der Waals surface area contributed by atoms with Gasteiger partial charge < -0.3 is 4.57 Å². The minimum Gasteiger partial charge on any atom is -0.331 e. The lowest BCUT2D eigenvalue weighted by Gasteiger charge is -2.09. The van der Waals surface area contributed by atoms with Crippen LogP contribution < -0.4 is 0 Å². The summed E-state index contributed by atoms with van der Waals surface area (Å²) >= 11 is 16.0. The fourth-order valence-corrected chi connectivity index (χ4v) is 2.98. The van der Waals surface area contributed by atoms with Crippen LogP contribution in [0, 0.1) is 0 Å². The Bertz CT molecular complexity index is 793. The second-order valence-electron chi connectivity index (χ2n) is 4.38. The van der Waals surface area contributed by atoms with Gasteiger partial charge in [0.15, 0.2) is 11.6 Å². The van der Waals surface area contributed by atoms with E-state index in [1.165, 1.54) is 0 Å². The highest BCUT2D eigenvalue weighted by molar-refractivity contribution is 9.10. The van der Waals surface area contributed by atoms with Gasteiger partial charge in [-0.3, -0.25) is 0 Å². The van der Waals surface area contributed by atoms with Crippen LogP contribution in [0.1, 0.15) is 0 Å². The third kappa shape index (κ3) is 2.81. The number of halogens is 3. The molecule has 0 aliphatic rings. The van der Waals surface area contributed by atoms with Gasteiger partial charge in [0.25, 0.3) is 0 Å². The standard InChI is InChI=1S/C14H9BrCl2N4/c1-21-6-5-18-14(21)13-19-11(16)10(12(17)20-13)8-3-2-4-9(15)7-8/h2-7H,1H3. The molecule has 3 aromatic rings. The molecular weight excluding hydrogens is 375 g/mol. The first-order chi connectivity index (χ1) is 10.1. The monoisotopic (exact) mass is 382 g/mol. The number of hydrogen-bond acceptors (Lipinski definition) is 3. The molecule has 0 aliphatic carbocycles. The first kappa shape index (κ1) is 14.5. The molecule has 7 heteroatoms. The minimum atomic E-state index is 0.297. The van der Waals surface area contributed by atoms with E-state index in [0.29, 0.717) is 27.5 Å². The zero-order valence-corrected chi connectivity index (χ0v) is 14.0. The summed E-state index contributed by atoms with van der Waals surface area (Å²) in [5, 5.41) is 0.595. The average Bonchev–Trinajstić information content (AvgIpc) is 2.84. The zero-order chi connectivity index (χ0) is 15.0. The molecule has 21 heavy (non-hydrogen) atoms. The maximum absolute atomic E-state index is 6.30. The number of aryl methyl sites for hydroxylation is 1. The summed E-state index contributed by atoms with van der Waals surface area (Å²) in [6.07, 6.45) is 3.48. The van der Waals surface area contributed by atoms with E-state index in [9.17, 15) is 0 Å². The SMILES string of the molecule is Cn1ccnc1-c1nc(Cl)c(-c2cccc(Br)c2)c(Cl)n1. The highest BCUT2D eigenvalue weighted by Crippen LogP contribution is 2.34. The van der Waals surface area contributed by atoms with E-state index in [1.54, 1.807) is 10.8 Å². The molecular formula is C14H9BrCl2N4. The Kier molecular flexibility index (Phi) is 3.97. The molecule has 1 aromatic carbocycles. The Labute approximate surface area is 139 Å². The van der Waals surface area contributed by atoms with Gasteiger partial charge in [-0.2, -0.15) is 0 Å². The molecule has 0 atom stereocenters. The van der Waals surface area contributed by atoms with Crippen molar-refractivity contribution in [3.8, 4) is 22.8 Å². The number of hydrogen-bond donors (Lipinski definition) is 0. The van der Waals surface area contributed by atoms with Gasteiger partial charge in [-0.05, 0) is 17.7 Å². The van der Waals surface area contributed by atoms with Crippen molar-refractivity contribution in [2.75, 3.05) is 0 Å². The Balaban J connectivity index is 2.15. The van der Waals surface area contributed by atoms with Crippen molar-refractivity contribution in [1.29, 1.82) is 0 Å². The van der Waals surface area contributed by atoms with Crippen molar-refractivity contribution in [1.82, 2.24) is 19.5 Å². The van der Waals surface area contributed by atoms with Crippen LogP contribution in [0.15, 0.2) is 41.1 Å². The summed E-state index contributed by atoms with van der Waals surface area (Å²) in [6.45, 7) is 0. The highest BCUT2D eigenvalue weighted by atomic mass is 79.9. The van der Waals surface area contributed by atoms with Crippen molar-refractivity contribution in [2.24, 2.45) is 7.05 Å². The maximum Gasteiger partial charge on any atom is 0.198 e. The Morgan fingerprint density at radius 2 is 1.86 bits per heavy atom. The Hall–Kier alpha value is -1.43. The summed E-state index contributed by atoms with van der Waals surface area (Å²) in [5.74, 6) is 1.01. The predicted molar refractivity (Wildman–Crippen MR) is 87.4 cm³/mol. The van der Waals surface area contributed by atoms with E-state index in [-0.39, 0.29) is 0 Å². The van der Waals surface area contributed by atoms with Crippen LogP contribution in [0.2, 0.25) is 10.3 Å². The predicted octanol–water partition coefficient (Wildman–Crippen LogP) is 4.61. The van der Waals surface area contributed by atoms with Crippen LogP contribution >= 0.6 is 39.1 Å². The molecule has 3 rings (SSSR count). The van der Waals surface area contributed by atoms with Crippen LogP contribution in [0.5, 0.6) is 0 Å². The number of benzene rings is 1. The molecule has 0 saturated carbocycles. The summed E-state index contributed by atoms with van der Waals surface area (Å²) in [7, 11) is 1.86. The van der Waals surface area contributed by atoms with Crippen LogP contribution in [0.4, 0.5) is 0 Å². The van der Waals surface area contributed by atoms with Crippen LogP contribution in [-0.2, 0) is 7.05 Å². The van der Waals surface area contributed by atoms with Gasteiger partial charge in [-0.25, -0.2) is 15.0 Å². The lowest BCUT2D eigenvalue weighted by atomic mass is 10.1. The van der Waals surface area contributed by atoms with Gasteiger partial charge in [0.05, 0.1) is 5.56 Å². The zero-order valence-electron chi connectivity index (χ0n) is 10.9. The summed E-state index contributed by atoms with van der Waals surface area (Å²) in [4.78, 5) is 12.8. The fourth-order valence-electron chi connectivity index (χ4n) is 1.97. The van der Waals surface area contributed by atoms with Gasteiger partial charge in [-0.1, -0.05) is 51.3 Å². The van der Waals surface area contributed by atoms with Crippen LogP contribution in [-0.4, -0.2) is 19.5 Å². The number of imidazole rings is 1. The third-order valence-electron chi connectivity index (χ3n) is 2.96.